The Morgan fingerprint density at radius 3 is 2.47 bits per heavy atom. The minimum absolute atomic E-state index is 0.228. The normalized spacial score (nSPS) is 17.8. The first kappa shape index (κ1) is 21.9. The quantitative estimate of drug-likeness (QED) is 0.620. The van der Waals surface area contributed by atoms with E-state index in [-0.39, 0.29) is 24.9 Å². The highest BCUT2D eigenvalue weighted by Gasteiger charge is 2.47. The molecule has 1 atom stereocenters. The van der Waals surface area contributed by atoms with Crippen LogP contribution in [-0.2, 0) is 24.4 Å². The van der Waals surface area contributed by atoms with Gasteiger partial charge in [-0.1, -0.05) is 35.9 Å². The molecule has 0 saturated heterocycles. The van der Waals surface area contributed by atoms with Crippen molar-refractivity contribution in [2.24, 2.45) is 0 Å². The number of hydrogen-bond acceptors (Lipinski definition) is 4. The predicted octanol–water partition coefficient (Wildman–Crippen LogP) is 3.58. The number of carbonyl (C=O) groups is 2. The van der Waals surface area contributed by atoms with Gasteiger partial charge in [-0.2, -0.15) is 5.10 Å². The van der Waals surface area contributed by atoms with E-state index in [9.17, 15) is 9.59 Å². The van der Waals surface area contributed by atoms with Crippen molar-refractivity contribution in [3.05, 3.63) is 82.1 Å². The zero-order valence-electron chi connectivity index (χ0n) is 18.3. The lowest BCUT2D eigenvalue weighted by molar-refractivity contribution is -0.133. The molecule has 166 valence electrons. The highest BCUT2D eigenvalue weighted by Crippen LogP contribution is 2.29. The monoisotopic (exact) mass is 452 g/mol. The van der Waals surface area contributed by atoms with E-state index in [0.29, 0.717) is 17.3 Å². The van der Waals surface area contributed by atoms with Gasteiger partial charge in [0.05, 0.1) is 19.3 Å². The van der Waals surface area contributed by atoms with Crippen molar-refractivity contribution < 1.29 is 14.3 Å². The average Bonchev–Trinajstić information content (AvgIpc) is 3.16. The van der Waals surface area contributed by atoms with Gasteiger partial charge in [-0.15, -0.1) is 0 Å². The van der Waals surface area contributed by atoms with Crippen LogP contribution in [0, 0.1) is 6.92 Å². The molecule has 0 spiro atoms. The Morgan fingerprint density at radius 1 is 1.16 bits per heavy atom. The molecule has 4 rings (SSSR count). The molecule has 2 aromatic carbocycles. The van der Waals surface area contributed by atoms with Crippen molar-refractivity contribution in [2.75, 3.05) is 7.11 Å². The third-order valence-corrected chi connectivity index (χ3v) is 6.03. The Hall–Kier alpha value is -3.32. The van der Waals surface area contributed by atoms with Gasteiger partial charge in [0, 0.05) is 18.1 Å². The zero-order chi connectivity index (χ0) is 22.9. The third-order valence-electron chi connectivity index (χ3n) is 5.78. The van der Waals surface area contributed by atoms with E-state index < -0.39 is 5.54 Å². The Morgan fingerprint density at radius 2 is 1.81 bits per heavy atom. The van der Waals surface area contributed by atoms with Crippen LogP contribution in [-0.4, -0.2) is 39.1 Å². The van der Waals surface area contributed by atoms with Crippen LogP contribution < -0.4 is 10.1 Å². The van der Waals surface area contributed by atoms with Crippen LogP contribution in [0.2, 0.25) is 5.02 Å². The molecule has 0 bridgehead atoms. The molecule has 2 heterocycles. The van der Waals surface area contributed by atoms with Crippen molar-refractivity contribution in [2.45, 2.75) is 39.0 Å². The van der Waals surface area contributed by atoms with Crippen LogP contribution in [0.5, 0.6) is 5.75 Å². The number of methoxy groups -OCH3 is 1. The maximum Gasteiger partial charge on any atom is 0.273 e. The Labute approximate surface area is 191 Å². The van der Waals surface area contributed by atoms with E-state index in [1.54, 1.807) is 41.8 Å². The minimum atomic E-state index is -1.12. The van der Waals surface area contributed by atoms with Crippen molar-refractivity contribution in [1.82, 2.24) is 20.0 Å². The number of amides is 2. The molecule has 1 aliphatic heterocycles. The number of aryl methyl sites for hydroxylation is 1. The van der Waals surface area contributed by atoms with Gasteiger partial charge in [-0.3, -0.25) is 14.3 Å². The summed E-state index contributed by atoms with van der Waals surface area (Å²) in [6, 6.07) is 16.5. The molecule has 0 fully saturated rings. The second-order valence-corrected chi connectivity index (χ2v) is 8.59. The maximum atomic E-state index is 13.4. The molecule has 8 heteroatoms. The van der Waals surface area contributed by atoms with E-state index in [1.165, 1.54) is 0 Å². The molecule has 0 saturated carbocycles. The zero-order valence-corrected chi connectivity index (χ0v) is 19.0. The third kappa shape index (κ3) is 4.21. The Balaban J connectivity index is 1.61. The van der Waals surface area contributed by atoms with Crippen molar-refractivity contribution in [1.29, 1.82) is 0 Å². The first-order chi connectivity index (χ1) is 15.3. The fourth-order valence-corrected chi connectivity index (χ4v) is 4.03. The number of ether oxygens (including phenoxy) is 1. The van der Waals surface area contributed by atoms with Crippen LogP contribution in [0.1, 0.15) is 34.2 Å². The smallest absolute Gasteiger partial charge is 0.273 e. The number of hydrogen-bond donors (Lipinski definition) is 1. The standard InChI is InChI=1S/C24H25ClN4O3/c1-16-12-21-22(30)28(14-18-4-8-19(25)9-5-18)24(2,15-29(21)27-16)23(31)26-13-17-6-10-20(32-3)11-7-17/h4-12H,13-15H2,1-3H3,(H,26,31)/t24-/m1/s1. The maximum absolute atomic E-state index is 13.4. The molecule has 32 heavy (non-hydrogen) atoms. The fraction of sp³-hybridized carbons (Fsp3) is 0.292. The van der Waals surface area contributed by atoms with E-state index in [0.717, 1.165) is 22.6 Å². The molecule has 3 aromatic rings. The number of rotatable bonds is 6. The van der Waals surface area contributed by atoms with Gasteiger partial charge in [-0.05, 0) is 55.3 Å². The number of benzene rings is 2. The van der Waals surface area contributed by atoms with Crippen LogP contribution in [0.15, 0.2) is 54.6 Å². The van der Waals surface area contributed by atoms with Gasteiger partial charge in [0.2, 0.25) is 5.91 Å². The highest BCUT2D eigenvalue weighted by atomic mass is 35.5. The molecule has 1 N–H and O–H groups in total. The molecule has 1 aromatic heterocycles. The van der Waals surface area contributed by atoms with Gasteiger partial charge in [-0.25, -0.2) is 0 Å². The summed E-state index contributed by atoms with van der Waals surface area (Å²) in [5.74, 6) is 0.281. The summed E-state index contributed by atoms with van der Waals surface area (Å²) < 4.78 is 6.81. The van der Waals surface area contributed by atoms with Crippen LogP contribution in [0.4, 0.5) is 0 Å². The second-order valence-electron chi connectivity index (χ2n) is 8.15. The molecule has 0 unspecified atom stereocenters. The van der Waals surface area contributed by atoms with Gasteiger partial charge < -0.3 is 15.0 Å². The summed E-state index contributed by atoms with van der Waals surface area (Å²) in [7, 11) is 1.61. The SMILES string of the molecule is COc1ccc(CNC(=O)[C@@]2(C)Cn3nc(C)cc3C(=O)N2Cc2ccc(Cl)cc2)cc1. The summed E-state index contributed by atoms with van der Waals surface area (Å²) in [6.07, 6.45) is 0. The number of aromatic nitrogens is 2. The molecule has 2 amide bonds. The Kier molecular flexibility index (Phi) is 5.93. The van der Waals surface area contributed by atoms with Crippen molar-refractivity contribution >= 4 is 23.4 Å². The van der Waals surface area contributed by atoms with Gasteiger partial charge in [0.1, 0.15) is 17.0 Å². The minimum Gasteiger partial charge on any atom is -0.497 e. The number of fused-ring (bicyclic) bond motifs is 1. The highest BCUT2D eigenvalue weighted by molar-refractivity contribution is 6.30. The number of nitrogens with zero attached hydrogens (tertiary/aromatic N) is 3. The number of halogens is 1. The number of carbonyl (C=O) groups excluding carboxylic acids is 2. The first-order valence-corrected chi connectivity index (χ1v) is 10.7. The van der Waals surface area contributed by atoms with E-state index >= 15 is 0 Å². The summed E-state index contributed by atoms with van der Waals surface area (Å²) in [4.78, 5) is 28.5. The van der Waals surface area contributed by atoms with Crippen molar-refractivity contribution in [3.8, 4) is 5.75 Å². The lowest BCUT2D eigenvalue weighted by Gasteiger charge is -2.43. The van der Waals surface area contributed by atoms with Crippen molar-refractivity contribution in [3.63, 3.8) is 0 Å². The Bertz CT molecular complexity index is 1140. The van der Waals surface area contributed by atoms with Crippen LogP contribution in [0.3, 0.4) is 0 Å². The average molecular weight is 453 g/mol. The van der Waals surface area contributed by atoms with Gasteiger partial charge in [0.25, 0.3) is 5.91 Å². The first-order valence-electron chi connectivity index (χ1n) is 10.3. The van der Waals surface area contributed by atoms with Crippen LogP contribution >= 0.6 is 11.6 Å². The topological polar surface area (TPSA) is 76.5 Å². The summed E-state index contributed by atoms with van der Waals surface area (Å²) in [5.41, 5.74) is 1.93. The molecule has 0 radical (unpaired) electrons. The summed E-state index contributed by atoms with van der Waals surface area (Å²) >= 11 is 6.01. The summed E-state index contributed by atoms with van der Waals surface area (Å²) in [6.45, 7) is 4.51. The number of nitrogens with one attached hydrogen (secondary N) is 1. The second kappa shape index (κ2) is 8.67. The van der Waals surface area contributed by atoms with E-state index in [4.69, 9.17) is 16.3 Å². The summed E-state index contributed by atoms with van der Waals surface area (Å²) in [5, 5.41) is 8.04. The molecular formula is C24H25ClN4O3. The molecule has 0 aliphatic carbocycles. The predicted molar refractivity (Wildman–Crippen MR) is 122 cm³/mol. The van der Waals surface area contributed by atoms with E-state index in [1.807, 2.05) is 43.3 Å². The fourth-order valence-electron chi connectivity index (χ4n) is 3.91. The van der Waals surface area contributed by atoms with E-state index in [2.05, 4.69) is 10.4 Å². The van der Waals surface area contributed by atoms with Gasteiger partial charge in [0.15, 0.2) is 0 Å². The molecule has 1 aliphatic rings. The molecular weight excluding hydrogens is 428 g/mol. The van der Waals surface area contributed by atoms with Gasteiger partial charge >= 0.3 is 0 Å². The largest absolute Gasteiger partial charge is 0.497 e. The molecule has 7 nitrogen and oxygen atoms in total. The lowest BCUT2D eigenvalue weighted by Crippen LogP contribution is -2.63. The van der Waals surface area contributed by atoms with Crippen LogP contribution in [0.25, 0.3) is 0 Å². The lowest BCUT2D eigenvalue weighted by atomic mass is 9.94.